The Labute approximate surface area is 84.9 Å². The smallest absolute Gasteiger partial charge is 0.225 e. The molecule has 0 amide bonds. The van der Waals surface area contributed by atoms with Crippen LogP contribution < -0.4 is 4.43 Å². The first-order valence-electron chi connectivity index (χ1n) is 4.70. The molecule has 1 aromatic rings. The van der Waals surface area contributed by atoms with E-state index < -0.39 is 9.76 Å². The minimum atomic E-state index is -0.470. The Hall–Kier alpha value is -0.203. The van der Waals surface area contributed by atoms with Crippen LogP contribution in [0.1, 0.15) is 27.7 Å². The number of hydrogen-bond donors (Lipinski definition) is 0. The third-order valence-electron chi connectivity index (χ3n) is 2.66. The van der Waals surface area contributed by atoms with Crippen LogP contribution in [0.3, 0.4) is 0 Å². The minimum Gasteiger partial charge on any atom is -0.546 e. The van der Waals surface area contributed by atoms with E-state index in [0.29, 0.717) is 19.1 Å². The lowest BCUT2D eigenvalue weighted by molar-refractivity contribution is 0.431. The van der Waals surface area contributed by atoms with Crippen LogP contribution in [-0.2, 0) is 0 Å². The van der Waals surface area contributed by atoms with Gasteiger partial charge in [0, 0.05) is 6.07 Å². The van der Waals surface area contributed by atoms with E-state index in [9.17, 15) is 0 Å². The largest absolute Gasteiger partial charge is 0.546 e. The summed E-state index contributed by atoms with van der Waals surface area (Å²) in [5.41, 5.74) is 1.07. The normalized spacial score (nSPS) is 13.6. The monoisotopic (exact) mass is 213 g/mol. The van der Waals surface area contributed by atoms with Gasteiger partial charge in [-0.15, -0.1) is 0 Å². The molecule has 0 aliphatic carbocycles. The van der Waals surface area contributed by atoms with Crippen LogP contribution in [0.2, 0.25) is 5.04 Å². The van der Waals surface area contributed by atoms with E-state index in [1.807, 2.05) is 6.07 Å². The summed E-state index contributed by atoms with van der Waals surface area (Å²) in [5, 5.41) is 0.391. The Kier molecular flexibility index (Phi) is 3.63. The minimum absolute atomic E-state index is 0.391. The van der Waals surface area contributed by atoms with E-state index in [4.69, 9.17) is 4.43 Å². The molecule has 1 atom stereocenters. The van der Waals surface area contributed by atoms with Crippen molar-refractivity contribution in [1.82, 2.24) is 0 Å². The molecule has 1 nitrogen and oxygen atoms in total. The van der Waals surface area contributed by atoms with Gasteiger partial charge in [-0.2, -0.15) is 0 Å². The van der Waals surface area contributed by atoms with Crippen molar-refractivity contribution >= 4 is 18.0 Å². The Morgan fingerprint density at radius 2 is 2.23 bits per heavy atom. The molecule has 0 spiro atoms. The van der Waals surface area contributed by atoms with Gasteiger partial charge in [0.25, 0.3) is 0 Å². The average molecular weight is 213 g/mol. The highest BCUT2D eigenvalue weighted by Gasteiger charge is 2.24. The fourth-order valence-corrected chi connectivity index (χ4v) is 2.75. The number of hydrogen-bond acceptors (Lipinski definition) is 1. The summed E-state index contributed by atoms with van der Waals surface area (Å²) in [7, 11) is 0.246. The van der Waals surface area contributed by atoms with Crippen LogP contribution in [0, 0.1) is 12.0 Å². The maximum absolute atomic E-state index is 5.82. The summed E-state index contributed by atoms with van der Waals surface area (Å²) < 4.78 is 5.82. The standard InChI is InChI=1S/C10H18OPSi/c1-8(2)10(3,4)13-11-9-6-5-7-12-9/h5,7-8,12H,13H2,1-4H3. The van der Waals surface area contributed by atoms with Crippen LogP contribution in [0.4, 0.5) is 0 Å². The topological polar surface area (TPSA) is 9.23 Å². The Bertz CT molecular complexity index is 241. The van der Waals surface area contributed by atoms with Gasteiger partial charge >= 0.3 is 0 Å². The number of rotatable bonds is 4. The Balaban J connectivity index is 2.42. The molecule has 0 aliphatic rings. The summed E-state index contributed by atoms with van der Waals surface area (Å²) in [6.45, 7) is 9.14. The third kappa shape index (κ3) is 3.20. The van der Waals surface area contributed by atoms with Crippen LogP contribution in [-0.4, -0.2) is 9.76 Å². The van der Waals surface area contributed by atoms with E-state index in [-0.39, 0.29) is 0 Å². The van der Waals surface area contributed by atoms with Gasteiger partial charge in [0.05, 0.1) is 0 Å². The molecule has 3 heteroatoms. The molecule has 13 heavy (non-hydrogen) atoms. The zero-order chi connectivity index (χ0) is 9.90. The van der Waals surface area contributed by atoms with Crippen molar-refractivity contribution in [2.24, 2.45) is 5.92 Å². The molecular formula is C10H18OPSi. The molecule has 1 radical (unpaired) electrons. The van der Waals surface area contributed by atoms with Gasteiger partial charge in [0.2, 0.25) is 9.76 Å². The summed E-state index contributed by atoms with van der Waals surface area (Å²) in [4.78, 5) is 0. The summed E-state index contributed by atoms with van der Waals surface area (Å²) in [5.74, 6) is 2.82. The fourth-order valence-electron chi connectivity index (χ4n) is 0.785. The SMILES string of the molecule is CC(C)C(C)(C)[SiH2]Oc1[c]cc[pH]1. The first-order chi connectivity index (χ1) is 6.02. The van der Waals surface area contributed by atoms with Crippen LogP contribution in [0.5, 0.6) is 5.48 Å². The highest BCUT2D eigenvalue weighted by molar-refractivity contribution is 7.32. The van der Waals surface area contributed by atoms with Crippen molar-refractivity contribution in [2.75, 3.05) is 0 Å². The van der Waals surface area contributed by atoms with E-state index >= 15 is 0 Å². The van der Waals surface area contributed by atoms with E-state index in [1.165, 1.54) is 0 Å². The average Bonchev–Trinajstić information content (AvgIpc) is 2.52. The summed E-state index contributed by atoms with van der Waals surface area (Å²) in [6, 6.07) is 5.09. The van der Waals surface area contributed by atoms with Crippen molar-refractivity contribution in [1.29, 1.82) is 0 Å². The highest BCUT2D eigenvalue weighted by atomic mass is 31.0. The van der Waals surface area contributed by atoms with Gasteiger partial charge in [-0.3, -0.25) is 0 Å². The molecule has 0 saturated carbocycles. The third-order valence-corrected chi connectivity index (χ3v) is 5.83. The van der Waals surface area contributed by atoms with Crippen LogP contribution in [0.25, 0.3) is 0 Å². The molecule has 1 unspecified atom stereocenters. The fraction of sp³-hybridized carbons (Fsp3) is 0.600. The lowest BCUT2D eigenvalue weighted by Crippen LogP contribution is -2.23. The maximum Gasteiger partial charge on any atom is 0.225 e. The zero-order valence-corrected chi connectivity index (χ0v) is 11.3. The van der Waals surface area contributed by atoms with Gasteiger partial charge in [-0.05, 0) is 22.8 Å². The molecular weight excluding hydrogens is 195 g/mol. The summed E-state index contributed by atoms with van der Waals surface area (Å²) in [6.07, 6.45) is 0. The highest BCUT2D eigenvalue weighted by Crippen LogP contribution is 2.34. The molecule has 0 bridgehead atoms. The van der Waals surface area contributed by atoms with Gasteiger partial charge in [0.1, 0.15) is 5.48 Å². The first-order valence-corrected chi connectivity index (χ1v) is 7.06. The van der Waals surface area contributed by atoms with E-state index in [1.54, 1.807) is 0 Å². The van der Waals surface area contributed by atoms with Crippen molar-refractivity contribution < 1.29 is 4.43 Å². The van der Waals surface area contributed by atoms with Gasteiger partial charge < -0.3 is 4.43 Å². The predicted molar refractivity (Wildman–Crippen MR) is 62.8 cm³/mol. The second-order valence-electron chi connectivity index (χ2n) is 4.38. The van der Waals surface area contributed by atoms with Crippen molar-refractivity contribution in [3.63, 3.8) is 0 Å². The quantitative estimate of drug-likeness (QED) is 0.699. The first kappa shape index (κ1) is 10.9. The Morgan fingerprint density at radius 3 is 2.69 bits per heavy atom. The lowest BCUT2D eigenvalue weighted by atomic mass is 9.99. The Morgan fingerprint density at radius 1 is 1.54 bits per heavy atom. The summed E-state index contributed by atoms with van der Waals surface area (Å²) >= 11 is 0. The molecule has 0 aliphatic heterocycles. The molecule has 0 fully saturated rings. The maximum atomic E-state index is 5.82. The molecule has 73 valence electrons. The van der Waals surface area contributed by atoms with Gasteiger partial charge in [0.15, 0.2) is 0 Å². The van der Waals surface area contributed by atoms with E-state index in [2.05, 4.69) is 39.6 Å². The zero-order valence-electron chi connectivity index (χ0n) is 8.85. The van der Waals surface area contributed by atoms with Gasteiger partial charge in [-0.25, -0.2) is 0 Å². The lowest BCUT2D eigenvalue weighted by Gasteiger charge is -2.27. The van der Waals surface area contributed by atoms with Crippen molar-refractivity contribution in [3.8, 4) is 5.48 Å². The molecule has 1 rings (SSSR count). The second kappa shape index (κ2) is 4.34. The van der Waals surface area contributed by atoms with Crippen LogP contribution in [0.15, 0.2) is 11.9 Å². The predicted octanol–water partition coefficient (Wildman–Crippen LogP) is 2.84. The van der Waals surface area contributed by atoms with Crippen molar-refractivity contribution in [3.05, 3.63) is 17.9 Å². The molecule has 1 aromatic heterocycles. The van der Waals surface area contributed by atoms with Crippen molar-refractivity contribution in [2.45, 2.75) is 32.7 Å². The molecule has 1 heterocycles. The molecule has 0 saturated heterocycles. The molecule has 0 aromatic carbocycles. The van der Waals surface area contributed by atoms with Crippen LogP contribution >= 0.6 is 8.19 Å². The molecule has 0 N–H and O–H groups in total. The van der Waals surface area contributed by atoms with Gasteiger partial charge in [-0.1, -0.05) is 35.9 Å². The second-order valence-corrected chi connectivity index (χ2v) is 7.86. The van der Waals surface area contributed by atoms with E-state index in [0.717, 1.165) is 5.48 Å².